The van der Waals surface area contributed by atoms with Crippen LogP contribution in [0.25, 0.3) is 0 Å². The second kappa shape index (κ2) is 8.23. The van der Waals surface area contributed by atoms with Crippen LogP contribution in [0.5, 0.6) is 0 Å². The number of ether oxygens (including phenoxy) is 1. The van der Waals surface area contributed by atoms with Crippen LogP contribution in [0.15, 0.2) is 0 Å². The molecule has 0 bridgehead atoms. The Hall–Kier alpha value is -2.12. The minimum absolute atomic E-state index is 0.00352. The summed E-state index contributed by atoms with van der Waals surface area (Å²) in [6.45, 7) is 5.35. The van der Waals surface area contributed by atoms with Crippen LogP contribution in [-0.4, -0.2) is 72.8 Å². The Balaban J connectivity index is 2.24. The fourth-order valence-corrected chi connectivity index (χ4v) is 1.98. The van der Waals surface area contributed by atoms with E-state index in [2.05, 4.69) is 10.1 Å². The van der Waals surface area contributed by atoms with Gasteiger partial charge >= 0.3 is 11.9 Å². The average molecular weight is 299 g/mol. The highest BCUT2D eigenvalue weighted by Gasteiger charge is 2.22. The summed E-state index contributed by atoms with van der Waals surface area (Å²) >= 11 is 0. The van der Waals surface area contributed by atoms with E-state index < -0.39 is 11.9 Å². The molecule has 3 amide bonds. The summed E-state index contributed by atoms with van der Waals surface area (Å²) in [5, 5.41) is 2.34. The minimum Gasteiger partial charge on any atom is -0.459 e. The number of carbonyl (C=O) groups is 4. The van der Waals surface area contributed by atoms with Gasteiger partial charge < -0.3 is 19.9 Å². The number of hydrogen-bond donors (Lipinski definition) is 1. The van der Waals surface area contributed by atoms with Crippen molar-refractivity contribution in [1.82, 2.24) is 15.1 Å². The van der Waals surface area contributed by atoms with Crippen LogP contribution in [0.1, 0.15) is 20.3 Å². The molecule has 1 rings (SSSR count). The Morgan fingerprint density at radius 1 is 1.05 bits per heavy atom. The number of piperazine rings is 1. The molecule has 1 aliphatic rings. The lowest BCUT2D eigenvalue weighted by atomic mass is 10.2. The predicted molar refractivity (Wildman–Crippen MR) is 73.1 cm³/mol. The third-order valence-corrected chi connectivity index (χ3v) is 3.16. The number of nitrogens with one attached hydrogen (secondary N) is 1. The lowest BCUT2D eigenvalue weighted by molar-refractivity contribution is -0.154. The monoisotopic (exact) mass is 299 g/mol. The van der Waals surface area contributed by atoms with Gasteiger partial charge in [-0.3, -0.25) is 14.4 Å². The Bertz CT molecular complexity index is 416. The molecule has 0 aromatic rings. The van der Waals surface area contributed by atoms with Gasteiger partial charge in [0, 0.05) is 46.1 Å². The van der Waals surface area contributed by atoms with E-state index >= 15 is 0 Å². The van der Waals surface area contributed by atoms with E-state index in [4.69, 9.17) is 0 Å². The Morgan fingerprint density at radius 2 is 1.62 bits per heavy atom. The Morgan fingerprint density at radius 3 is 2.14 bits per heavy atom. The van der Waals surface area contributed by atoms with Crippen LogP contribution < -0.4 is 5.32 Å². The summed E-state index contributed by atoms with van der Waals surface area (Å²) in [4.78, 5) is 48.7. The summed E-state index contributed by atoms with van der Waals surface area (Å²) in [5.74, 6) is -1.89. The van der Waals surface area contributed by atoms with Crippen molar-refractivity contribution in [3.05, 3.63) is 0 Å². The summed E-state index contributed by atoms with van der Waals surface area (Å²) in [6, 6.07) is 0. The van der Waals surface area contributed by atoms with Gasteiger partial charge in [0.15, 0.2) is 0 Å². The van der Waals surface area contributed by atoms with Crippen molar-refractivity contribution in [2.45, 2.75) is 20.3 Å². The van der Waals surface area contributed by atoms with Crippen LogP contribution in [0.3, 0.4) is 0 Å². The summed E-state index contributed by atoms with van der Waals surface area (Å²) < 4.78 is 4.53. The number of nitrogens with zero attached hydrogens (tertiary/aromatic N) is 2. The molecule has 0 atom stereocenters. The van der Waals surface area contributed by atoms with Crippen molar-refractivity contribution >= 4 is 23.7 Å². The molecule has 0 aromatic carbocycles. The summed E-state index contributed by atoms with van der Waals surface area (Å²) in [5.41, 5.74) is 0. The Labute approximate surface area is 123 Å². The molecule has 1 N–H and O–H groups in total. The molecule has 8 heteroatoms. The first-order valence-corrected chi connectivity index (χ1v) is 6.94. The maximum absolute atomic E-state index is 11.9. The summed E-state index contributed by atoms with van der Waals surface area (Å²) in [7, 11) is 0. The fraction of sp³-hybridized carbons (Fsp3) is 0.692. The Kier molecular flexibility index (Phi) is 6.64. The molecule has 1 heterocycles. The summed E-state index contributed by atoms with van der Waals surface area (Å²) in [6.07, 6.45) is 0.116. The number of rotatable bonds is 4. The van der Waals surface area contributed by atoms with Gasteiger partial charge in [-0.05, 0) is 6.92 Å². The van der Waals surface area contributed by atoms with E-state index in [1.807, 2.05) is 0 Å². The van der Waals surface area contributed by atoms with Gasteiger partial charge in [0.25, 0.3) is 0 Å². The van der Waals surface area contributed by atoms with E-state index in [0.717, 1.165) is 0 Å². The van der Waals surface area contributed by atoms with E-state index in [1.54, 1.807) is 16.7 Å². The number of hydrogen-bond acceptors (Lipinski definition) is 5. The highest BCUT2D eigenvalue weighted by atomic mass is 16.5. The van der Waals surface area contributed by atoms with Crippen LogP contribution in [0.4, 0.5) is 0 Å². The number of esters is 1. The third-order valence-electron chi connectivity index (χ3n) is 3.16. The minimum atomic E-state index is -0.944. The molecule has 0 saturated carbocycles. The molecule has 8 nitrogen and oxygen atoms in total. The van der Waals surface area contributed by atoms with E-state index in [-0.39, 0.29) is 31.4 Å². The van der Waals surface area contributed by atoms with Crippen molar-refractivity contribution in [2.75, 3.05) is 39.3 Å². The molecule has 118 valence electrons. The fourth-order valence-electron chi connectivity index (χ4n) is 1.98. The zero-order valence-corrected chi connectivity index (χ0v) is 12.4. The van der Waals surface area contributed by atoms with Crippen molar-refractivity contribution in [2.24, 2.45) is 0 Å². The highest BCUT2D eigenvalue weighted by Crippen LogP contribution is 2.03. The van der Waals surface area contributed by atoms with Gasteiger partial charge in [-0.2, -0.15) is 0 Å². The molecular weight excluding hydrogens is 278 g/mol. The van der Waals surface area contributed by atoms with Gasteiger partial charge in [0.05, 0.1) is 6.61 Å². The lowest BCUT2D eigenvalue weighted by Gasteiger charge is -2.34. The lowest BCUT2D eigenvalue weighted by Crippen LogP contribution is -2.50. The SMILES string of the molecule is CCOC(=O)C(=O)NCCC(=O)N1CCN(C(C)=O)CC1. The molecule has 21 heavy (non-hydrogen) atoms. The first kappa shape index (κ1) is 16.9. The quantitative estimate of drug-likeness (QED) is 0.517. The van der Waals surface area contributed by atoms with Gasteiger partial charge in [-0.25, -0.2) is 4.79 Å². The average Bonchev–Trinajstić information content (AvgIpc) is 2.47. The van der Waals surface area contributed by atoms with Crippen LogP contribution in [-0.2, 0) is 23.9 Å². The molecule has 1 fully saturated rings. The molecule has 0 aliphatic carbocycles. The molecule has 0 radical (unpaired) electrons. The number of carbonyl (C=O) groups excluding carboxylic acids is 4. The van der Waals surface area contributed by atoms with Crippen LogP contribution in [0, 0.1) is 0 Å². The zero-order chi connectivity index (χ0) is 15.8. The topological polar surface area (TPSA) is 96.0 Å². The predicted octanol–water partition coefficient (Wildman–Crippen LogP) is -1.25. The largest absolute Gasteiger partial charge is 0.459 e. The van der Waals surface area contributed by atoms with E-state index in [9.17, 15) is 19.2 Å². The highest BCUT2D eigenvalue weighted by molar-refractivity contribution is 6.32. The van der Waals surface area contributed by atoms with E-state index in [1.165, 1.54) is 6.92 Å². The van der Waals surface area contributed by atoms with E-state index in [0.29, 0.717) is 26.2 Å². The van der Waals surface area contributed by atoms with Gasteiger partial charge in [0.1, 0.15) is 0 Å². The second-order valence-electron chi connectivity index (χ2n) is 4.61. The van der Waals surface area contributed by atoms with Crippen molar-refractivity contribution in [3.63, 3.8) is 0 Å². The molecule has 0 spiro atoms. The second-order valence-corrected chi connectivity index (χ2v) is 4.61. The normalized spacial score (nSPS) is 14.6. The smallest absolute Gasteiger partial charge is 0.396 e. The molecular formula is C13H21N3O5. The van der Waals surface area contributed by atoms with Gasteiger partial charge in [0.2, 0.25) is 11.8 Å². The standard InChI is InChI=1S/C13H21N3O5/c1-3-21-13(20)12(19)14-5-4-11(18)16-8-6-15(7-9-16)10(2)17/h3-9H2,1-2H3,(H,14,19). The van der Waals surface area contributed by atoms with Crippen molar-refractivity contribution < 1.29 is 23.9 Å². The molecule has 0 unspecified atom stereocenters. The van der Waals surface area contributed by atoms with Crippen LogP contribution in [0.2, 0.25) is 0 Å². The van der Waals surface area contributed by atoms with Crippen molar-refractivity contribution in [3.8, 4) is 0 Å². The first-order valence-electron chi connectivity index (χ1n) is 6.94. The van der Waals surface area contributed by atoms with Crippen molar-refractivity contribution in [1.29, 1.82) is 0 Å². The maximum Gasteiger partial charge on any atom is 0.396 e. The third kappa shape index (κ3) is 5.41. The van der Waals surface area contributed by atoms with Gasteiger partial charge in [-0.1, -0.05) is 0 Å². The molecule has 1 saturated heterocycles. The van der Waals surface area contributed by atoms with Crippen LogP contribution >= 0.6 is 0 Å². The molecule has 1 aliphatic heterocycles. The first-order chi connectivity index (χ1) is 9.95. The number of amides is 3. The van der Waals surface area contributed by atoms with Gasteiger partial charge in [-0.15, -0.1) is 0 Å². The zero-order valence-electron chi connectivity index (χ0n) is 12.4. The maximum atomic E-state index is 11.9. The molecule has 0 aromatic heterocycles.